The topological polar surface area (TPSA) is 58.9 Å². The fraction of sp³-hybridized carbons (Fsp3) is 0.333. The Bertz CT molecular complexity index is 1000. The van der Waals surface area contributed by atoms with E-state index in [1.807, 2.05) is 25.1 Å². The van der Waals surface area contributed by atoms with Gasteiger partial charge < -0.3 is 9.94 Å². The van der Waals surface area contributed by atoms with Gasteiger partial charge in [-0.25, -0.2) is 4.79 Å². The van der Waals surface area contributed by atoms with Crippen LogP contribution >= 0.6 is 23.1 Å². The minimum absolute atomic E-state index is 0.253. The molecule has 4 rings (SSSR count). The summed E-state index contributed by atoms with van der Waals surface area (Å²) < 4.78 is 6.38. The summed E-state index contributed by atoms with van der Waals surface area (Å²) >= 11 is 3.17. The van der Waals surface area contributed by atoms with Crippen molar-refractivity contribution >= 4 is 34.8 Å². The quantitative estimate of drug-likeness (QED) is 0.251. The van der Waals surface area contributed by atoms with E-state index in [2.05, 4.69) is 35.5 Å². The van der Waals surface area contributed by atoms with Crippen LogP contribution in [0.5, 0.6) is 0 Å². The van der Waals surface area contributed by atoms with E-state index in [1.165, 1.54) is 22.5 Å². The summed E-state index contributed by atoms with van der Waals surface area (Å²) in [5.41, 5.74) is 5.18. The third-order valence-electron chi connectivity index (χ3n) is 5.52. The number of thioether (sulfide) groups is 1. The van der Waals surface area contributed by atoms with Crippen molar-refractivity contribution in [2.24, 2.45) is 11.1 Å². The van der Waals surface area contributed by atoms with Crippen LogP contribution in [0.25, 0.3) is 0 Å². The molecule has 156 valence electrons. The van der Waals surface area contributed by atoms with Crippen molar-refractivity contribution in [3.05, 3.63) is 75.7 Å². The lowest BCUT2D eigenvalue weighted by Gasteiger charge is -2.27. The van der Waals surface area contributed by atoms with Crippen LogP contribution in [0.15, 0.2) is 63.5 Å². The van der Waals surface area contributed by atoms with Gasteiger partial charge in [0.05, 0.1) is 16.5 Å². The zero-order valence-electron chi connectivity index (χ0n) is 17.0. The molecule has 0 saturated heterocycles. The fourth-order valence-corrected chi connectivity index (χ4v) is 6.60. The van der Waals surface area contributed by atoms with Crippen molar-refractivity contribution in [2.75, 3.05) is 6.61 Å². The first kappa shape index (κ1) is 20.9. The highest BCUT2D eigenvalue weighted by molar-refractivity contribution is 8.00. The minimum Gasteiger partial charge on any atom is -0.462 e. The van der Waals surface area contributed by atoms with Crippen LogP contribution in [0.3, 0.4) is 0 Å². The molecule has 0 fully saturated rings. The number of fused-ring (bicyclic) bond motifs is 1. The van der Waals surface area contributed by atoms with Crippen molar-refractivity contribution in [3.63, 3.8) is 0 Å². The van der Waals surface area contributed by atoms with Gasteiger partial charge >= 0.3 is 5.97 Å². The van der Waals surface area contributed by atoms with Crippen LogP contribution in [0, 0.1) is 5.92 Å². The second-order valence-electron chi connectivity index (χ2n) is 7.43. The monoisotopic (exact) mass is 439 g/mol. The molecular weight excluding hydrogens is 414 g/mol. The lowest BCUT2D eigenvalue weighted by Crippen LogP contribution is -2.23. The lowest BCUT2D eigenvalue weighted by molar-refractivity contribution is 0.0530. The summed E-state index contributed by atoms with van der Waals surface area (Å²) in [6.07, 6.45) is 9.98. The maximum atomic E-state index is 12.7. The normalized spacial score (nSPS) is 19.4. The van der Waals surface area contributed by atoms with Crippen molar-refractivity contribution < 1.29 is 14.7 Å². The lowest BCUT2D eigenvalue weighted by atomic mass is 9.77. The van der Waals surface area contributed by atoms with Crippen molar-refractivity contribution in [1.82, 2.24) is 0 Å². The predicted molar refractivity (Wildman–Crippen MR) is 123 cm³/mol. The number of allylic oxidation sites excluding steroid dienone is 4. The summed E-state index contributed by atoms with van der Waals surface area (Å²) in [5, 5.41) is 13.5. The Morgan fingerprint density at radius 3 is 2.83 bits per heavy atom. The van der Waals surface area contributed by atoms with Crippen molar-refractivity contribution in [1.29, 1.82) is 0 Å². The standard InChI is InChI=1S/C24H25NO3S2/c1-2-28-23(26)22-19-13-18(17-11-7-4-8-12-17)14-20(25-27)21(19)24(30-22)29-15-16-9-5-3-6-10-16/h3-7,9-11,18,27H,2,8,12-15H2,1H3/b25-20+. The Labute approximate surface area is 185 Å². The maximum absolute atomic E-state index is 12.7. The van der Waals surface area contributed by atoms with E-state index < -0.39 is 0 Å². The molecule has 1 heterocycles. The first-order valence-corrected chi connectivity index (χ1v) is 12.1. The summed E-state index contributed by atoms with van der Waals surface area (Å²) in [6.45, 7) is 2.17. The van der Waals surface area contributed by atoms with Crippen LogP contribution in [0.1, 0.15) is 52.5 Å². The molecule has 0 aliphatic heterocycles. The molecule has 0 spiro atoms. The highest BCUT2D eigenvalue weighted by Gasteiger charge is 2.35. The molecule has 0 bridgehead atoms. The highest BCUT2D eigenvalue weighted by atomic mass is 32.2. The fourth-order valence-electron chi connectivity index (χ4n) is 4.08. The summed E-state index contributed by atoms with van der Waals surface area (Å²) in [7, 11) is 0. The highest BCUT2D eigenvalue weighted by Crippen LogP contribution is 2.45. The van der Waals surface area contributed by atoms with Crippen molar-refractivity contribution in [2.45, 2.75) is 42.6 Å². The number of esters is 1. The van der Waals surface area contributed by atoms with Crippen LogP contribution in [0.2, 0.25) is 0 Å². The second kappa shape index (κ2) is 9.67. The molecule has 1 unspecified atom stereocenters. The number of carbonyl (C=O) groups excluding carboxylic acids is 1. The Balaban J connectivity index is 1.70. The van der Waals surface area contributed by atoms with E-state index in [0.29, 0.717) is 23.6 Å². The molecule has 1 N–H and O–H groups in total. The molecule has 2 aliphatic carbocycles. The van der Waals surface area contributed by atoms with Crippen molar-refractivity contribution in [3.8, 4) is 0 Å². The molecular formula is C24H25NO3S2. The van der Waals surface area contributed by atoms with Gasteiger partial charge in [0.15, 0.2) is 0 Å². The Morgan fingerprint density at radius 1 is 1.30 bits per heavy atom. The molecule has 1 aromatic carbocycles. The number of carbonyl (C=O) groups is 1. The second-order valence-corrected chi connectivity index (χ2v) is 9.69. The zero-order valence-corrected chi connectivity index (χ0v) is 18.6. The van der Waals surface area contributed by atoms with Gasteiger partial charge in [-0.15, -0.1) is 23.1 Å². The molecule has 30 heavy (non-hydrogen) atoms. The average molecular weight is 440 g/mol. The van der Waals surface area contributed by atoms with Crippen LogP contribution in [-0.4, -0.2) is 23.5 Å². The third kappa shape index (κ3) is 4.40. The van der Waals surface area contributed by atoms with Gasteiger partial charge in [-0.2, -0.15) is 0 Å². The number of benzene rings is 1. The van der Waals surface area contributed by atoms with E-state index >= 15 is 0 Å². The Morgan fingerprint density at radius 2 is 2.13 bits per heavy atom. The van der Waals surface area contributed by atoms with Gasteiger partial charge in [-0.1, -0.05) is 59.3 Å². The number of hydrogen-bond donors (Lipinski definition) is 1. The molecule has 0 amide bonds. The minimum atomic E-state index is -0.277. The van der Waals surface area contributed by atoms with E-state index in [-0.39, 0.29) is 11.9 Å². The molecule has 1 atom stereocenters. The third-order valence-corrected chi connectivity index (χ3v) is 8.07. The number of thiophene rings is 1. The average Bonchev–Trinajstić information content (AvgIpc) is 3.17. The Kier molecular flexibility index (Phi) is 6.75. The number of hydrogen-bond acceptors (Lipinski definition) is 6. The smallest absolute Gasteiger partial charge is 0.348 e. The maximum Gasteiger partial charge on any atom is 0.348 e. The van der Waals surface area contributed by atoms with E-state index in [9.17, 15) is 10.0 Å². The van der Waals surface area contributed by atoms with Crippen LogP contribution in [0.4, 0.5) is 0 Å². The molecule has 4 nitrogen and oxygen atoms in total. The molecule has 2 aliphatic rings. The van der Waals surface area contributed by atoms with Crippen LogP contribution in [-0.2, 0) is 16.9 Å². The number of rotatable bonds is 6. The van der Waals surface area contributed by atoms with Gasteiger partial charge in [0.25, 0.3) is 0 Å². The largest absolute Gasteiger partial charge is 0.462 e. The van der Waals surface area contributed by atoms with Crippen LogP contribution < -0.4 is 0 Å². The molecule has 0 saturated carbocycles. The van der Waals surface area contributed by atoms with E-state index in [4.69, 9.17) is 4.74 Å². The first-order chi connectivity index (χ1) is 14.7. The number of ether oxygens (including phenoxy) is 1. The van der Waals surface area contributed by atoms with Gasteiger partial charge in [-0.05, 0) is 43.2 Å². The van der Waals surface area contributed by atoms with Gasteiger partial charge in [0.2, 0.25) is 0 Å². The van der Waals surface area contributed by atoms with E-state index in [1.54, 1.807) is 11.8 Å². The number of oxime groups is 1. The predicted octanol–water partition coefficient (Wildman–Crippen LogP) is 6.23. The molecule has 1 aromatic heterocycles. The SMILES string of the molecule is CCOC(=O)c1sc(SCc2ccccc2)c2c1CC(C1=CC=CCC1)C/C2=N\O. The number of nitrogens with zero attached hydrogens (tertiary/aromatic N) is 1. The zero-order chi connectivity index (χ0) is 20.9. The van der Waals surface area contributed by atoms with Gasteiger partial charge in [0.1, 0.15) is 4.88 Å². The molecule has 2 aromatic rings. The summed E-state index contributed by atoms with van der Waals surface area (Å²) in [5.74, 6) is 0.776. The molecule has 0 radical (unpaired) electrons. The van der Waals surface area contributed by atoms with Gasteiger partial charge in [-0.3, -0.25) is 0 Å². The summed E-state index contributed by atoms with van der Waals surface area (Å²) in [4.78, 5) is 13.4. The first-order valence-electron chi connectivity index (χ1n) is 10.3. The summed E-state index contributed by atoms with van der Waals surface area (Å²) in [6, 6.07) is 10.3. The van der Waals surface area contributed by atoms with E-state index in [0.717, 1.165) is 40.4 Å². The Hall–Kier alpha value is -2.31. The molecule has 6 heteroatoms. The van der Waals surface area contributed by atoms with Gasteiger partial charge in [0, 0.05) is 17.7 Å².